The van der Waals surface area contributed by atoms with E-state index in [1.54, 1.807) is 6.07 Å². The third kappa shape index (κ3) is 4.24. The van der Waals surface area contributed by atoms with E-state index in [2.05, 4.69) is 5.32 Å². The lowest BCUT2D eigenvalue weighted by Crippen LogP contribution is -1.98. The Labute approximate surface area is 147 Å². The van der Waals surface area contributed by atoms with Crippen LogP contribution in [0.5, 0.6) is 5.75 Å². The van der Waals surface area contributed by atoms with E-state index < -0.39 is 4.92 Å². The second-order valence-corrected chi connectivity index (χ2v) is 5.43. The molecule has 0 aliphatic heterocycles. The van der Waals surface area contributed by atoms with Gasteiger partial charge in [-0.05, 0) is 24.3 Å². The van der Waals surface area contributed by atoms with Gasteiger partial charge >= 0.3 is 0 Å². The molecule has 1 N–H and O–H groups in total. The van der Waals surface area contributed by atoms with Crippen LogP contribution in [-0.4, -0.2) is 17.8 Å². The standard InChI is InChI=1S/C16H12Cl2N2O4/c1-24-16-5-3-11(20(22)23)9-14(16)19-7-6-15(21)10-2-4-12(17)13(18)8-10/h2-9,19H,1H3/b7-6-. The topological polar surface area (TPSA) is 81.5 Å². The Bertz CT molecular complexity index is 822. The lowest BCUT2D eigenvalue weighted by atomic mass is 10.1. The monoisotopic (exact) mass is 366 g/mol. The average molecular weight is 367 g/mol. The van der Waals surface area contributed by atoms with Gasteiger partial charge in [0.2, 0.25) is 0 Å². The first-order valence-corrected chi connectivity index (χ1v) is 7.43. The SMILES string of the molecule is COc1ccc([N+](=O)[O-])cc1N/C=C\C(=O)c1ccc(Cl)c(Cl)c1. The van der Waals surface area contributed by atoms with Crippen LogP contribution >= 0.6 is 23.2 Å². The number of rotatable bonds is 6. The van der Waals surface area contributed by atoms with Crippen LogP contribution in [0.2, 0.25) is 10.0 Å². The molecule has 0 spiro atoms. The van der Waals surface area contributed by atoms with Crippen molar-refractivity contribution in [1.82, 2.24) is 0 Å². The molecule has 8 heteroatoms. The average Bonchev–Trinajstić information content (AvgIpc) is 2.57. The van der Waals surface area contributed by atoms with E-state index >= 15 is 0 Å². The lowest BCUT2D eigenvalue weighted by Gasteiger charge is -2.07. The van der Waals surface area contributed by atoms with Gasteiger partial charge in [-0.3, -0.25) is 14.9 Å². The highest BCUT2D eigenvalue weighted by atomic mass is 35.5. The molecule has 6 nitrogen and oxygen atoms in total. The molecule has 0 aliphatic carbocycles. The summed E-state index contributed by atoms with van der Waals surface area (Å²) in [5, 5.41) is 14.3. The number of hydrogen-bond acceptors (Lipinski definition) is 5. The molecule has 0 radical (unpaired) electrons. The molecular weight excluding hydrogens is 355 g/mol. The van der Waals surface area contributed by atoms with Gasteiger partial charge < -0.3 is 10.1 Å². The number of nitrogens with zero attached hydrogens (tertiary/aromatic N) is 1. The number of hydrogen-bond donors (Lipinski definition) is 1. The van der Waals surface area contributed by atoms with Crippen LogP contribution in [0.4, 0.5) is 11.4 Å². The van der Waals surface area contributed by atoms with E-state index in [-0.39, 0.29) is 16.5 Å². The third-order valence-electron chi connectivity index (χ3n) is 3.07. The van der Waals surface area contributed by atoms with Crippen molar-refractivity contribution >= 4 is 40.4 Å². The predicted molar refractivity (Wildman–Crippen MR) is 93.2 cm³/mol. The molecule has 2 aromatic carbocycles. The summed E-state index contributed by atoms with van der Waals surface area (Å²) in [5.74, 6) is 0.109. The first kappa shape index (κ1) is 17.8. The summed E-state index contributed by atoms with van der Waals surface area (Å²) in [7, 11) is 1.44. The predicted octanol–water partition coefficient (Wildman–Crippen LogP) is 4.72. The van der Waals surface area contributed by atoms with Crippen molar-refractivity contribution in [3.8, 4) is 5.75 Å². The maximum atomic E-state index is 12.1. The number of nitro benzene ring substituents is 1. The summed E-state index contributed by atoms with van der Waals surface area (Å²) < 4.78 is 5.12. The maximum absolute atomic E-state index is 12.1. The van der Waals surface area contributed by atoms with Gasteiger partial charge in [0, 0.05) is 30.0 Å². The summed E-state index contributed by atoms with van der Waals surface area (Å²) in [5.41, 5.74) is 0.640. The van der Waals surface area contributed by atoms with Gasteiger partial charge in [-0.2, -0.15) is 0 Å². The number of carbonyl (C=O) groups excluding carboxylic acids is 1. The molecule has 0 unspecified atom stereocenters. The van der Waals surface area contributed by atoms with Gasteiger partial charge in [-0.1, -0.05) is 23.2 Å². The zero-order valence-corrected chi connectivity index (χ0v) is 14.0. The van der Waals surface area contributed by atoms with Gasteiger partial charge in [0.1, 0.15) is 5.75 Å². The molecule has 0 saturated heterocycles. The van der Waals surface area contributed by atoms with Crippen LogP contribution in [-0.2, 0) is 0 Å². The zero-order valence-electron chi connectivity index (χ0n) is 12.5. The molecule has 0 saturated carbocycles. The van der Waals surface area contributed by atoms with Crippen LogP contribution in [0.3, 0.4) is 0 Å². The highest BCUT2D eigenvalue weighted by Gasteiger charge is 2.10. The molecule has 0 atom stereocenters. The molecule has 24 heavy (non-hydrogen) atoms. The number of carbonyl (C=O) groups is 1. The summed E-state index contributed by atoms with van der Waals surface area (Å²) in [6.45, 7) is 0. The highest BCUT2D eigenvalue weighted by molar-refractivity contribution is 6.42. The number of methoxy groups -OCH3 is 1. The molecule has 2 rings (SSSR count). The molecule has 2 aromatic rings. The van der Waals surface area contributed by atoms with Crippen LogP contribution < -0.4 is 10.1 Å². The molecule has 0 heterocycles. The normalized spacial score (nSPS) is 10.6. The highest BCUT2D eigenvalue weighted by Crippen LogP contribution is 2.29. The minimum atomic E-state index is -0.519. The zero-order chi connectivity index (χ0) is 17.7. The second kappa shape index (κ2) is 7.81. The second-order valence-electron chi connectivity index (χ2n) is 4.61. The molecule has 0 fully saturated rings. The van der Waals surface area contributed by atoms with Gasteiger partial charge in [-0.25, -0.2) is 0 Å². The number of nitro groups is 1. The van der Waals surface area contributed by atoms with Crippen LogP contribution in [0.25, 0.3) is 0 Å². The van der Waals surface area contributed by atoms with E-state index in [0.717, 1.165) is 0 Å². The molecule has 0 aliphatic rings. The van der Waals surface area contributed by atoms with Crippen molar-refractivity contribution in [2.24, 2.45) is 0 Å². The fourth-order valence-electron chi connectivity index (χ4n) is 1.88. The van der Waals surface area contributed by atoms with E-state index in [0.29, 0.717) is 22.0 Å². The molecular formula is C16H12Cl2N2O4. The number of anilines is 1. The van der Waals surface area contributed by atoms with E-state index in [4.69, 9.17) is 27.9 Å². The molecule has 124 valence electrons. The van der Waals surface area contributed by atoms with E-state index in [1.807, 2.05) is 0 Å². The minimum Gasteiger partial charge on any atom is -0.495 e. The van der Waals surface area contributed by atoms with Gasteiger partial charge in [-0.15, -0.1) is 0 Å². The van der Waals surface area contributed by atoms with E-state index in [1.165, 1.54) is 49.7 Å². The Balaban J connectivity index is 2.15. The minimum absolute atomic E-state index is 0.0949. The summed E-state index contributed by atoms with van der Waals surface area (Å²) >= 11 is 11.7. The van der Waals surface area contributed by atoms with Crippen molar-refractivity contribution in [3.63, 3.8) is 0 Å². The fourth-order valence-corrected chi connectivity index (χ4v) is 2.17. The molecule has 0 aromatic heterocycles. The van der Waals surface area contributed by atoms with Crippen molar-refractivity contribution in [2.75, 3.05) is 12.4 Å². The van der Waals surface area contributed by atoms with Crippen LogP contribution in [0, 0.1) is 10.1 Å². The smallest absolute Gasteiger partial charge is 0.271 e. The number of benzene rings is 2. The Morgan fingerprint density at radius 2 is 1.96 bits per heavy atom. The Hall–Kier alpha value is -2.57. The first-order chi connectivity index (χ1) is 11.4. The number of ether oxygens (including phenoxy) is 1. The van der Waals surface area contributed by atoms with Crippen molar-refractivity contribution in [2.45, 2.75) is 0 Å². The number of non-ortho nitro benzene ring substituents is 1. The Morgan fingerprint density at radius 3 is 2.58 bits per heavy atom. The summed E-state index contributed by atoms with van der Waals surface area (Å²) in [6, 6.07) is 8.65. The van der Waals surface area contributed by atoms with Gasteiger partial charge in [0.25, 0.3) is 5.69 Å². The quantitative estimate of drug-likeness (QED) is 0.346. The first-order valence-electron chi connectivity index (χ1n) is 6.67. The number of halogens is 2. The molecule has 0 bridgehead atoms. The van der Waals surface area contributed by atoms with E-state index in [9.17, 15) is 14.9 Å². The summed E-state index contributed by atoms with van der Waals surface area (Å²) in [6.07, 6.45) is 2.64. The third-order valence-corrected chi connectivity index (χ3v) is 3.81. The van der Waals surface area contributed by atoms with Crippen LogP contribution in [0.1, 0.15) is 10.4 Å². The number of nitrogens with one attached hydrogen (secondary N) is 1. The number of ketones is 1. The largest absolute Gasteiger partial charge is 0.495 e. The maximum Gasteiger partial charge on any atom is 0.271 e. The number of allylic oxidation sites excluding steroid dienone is 1. The molecule has 0 amide bonds. The van der Waals surface area contributed by atoms with Gasteiger partial charge in [0.15, 0.2) is 5.78 Å². The Morgan fingerprint density at radius 1 is 1.21 bits per heavy atom. The lowest BCUT2D eigenvalue weighted by molar-refractivity contribution is -0.384. The van der Waals surface area contributed by atoms with Crippen molar-refractivity contribution in [3.05, 3.63) is 74.4 Å². The van der Waals surface area contributed by atoms with Crippen LogP contribution in [0.15, 0.2) is 48.7 Å². The Kier molecular flexibility index (Phi) is 5.78. The van der Waals surface area contributed by atoms with Crippen molar-refractivity contribution in [1.29, 1.82) is 0 Å². The van der Waals surface area contributed by atoms with Gasteiger partial charge in [0.05, 0.1) is 27.8 Å². The fraction of sp³-hybridized carbons (Fsp3) is 0.0625. The van der Waals surface area contributed by atoms with Crippen molar-refractivity contribution < 1.29 is 14.5 Å². The summed E-state index contributed by atoms with van der Waals surface area (Å²) in [4.78, 5) is 22.4.